The minimum Gasteiger partial charge on any atom is -0.497 e. The number of nitrogens with zero attached hydrogens (tertiary/aromatic N) is 4. The van der Waals surface area contributed by atoms with Crippen LogP contribution in [-0.2, 0) is 4.79 Å². The van der Waals surface area contributed by atoms with Crippen LogP contribution in [0.2, 0.25) is 0 Å². The average molecular weight is 410 g/mol. The van der Waals surface area contributed by atoms with Gasteiger partial charge >= 0.3 is 0 Å². The zero-order valence-electron chi connectivity index (χ0n) is 17.9. The molecule has 30 heavy (non-hydrogen) atoms. The lowest BCUT2D eigenvalue weighted by molar-refractivity contribution is -0.126. The molecule has 1 N–H and O–H groups in total. The van der Waals surface area contributed by atoms with Crippen molar-refractivity contribution in [3.63, 3.8) is 0 Å². The van der Waals surface area contributed by atoms with E-state index < -0.39 is 0 Å². The first-order valence-electron chi connectivity index (χ1n) is 10.9. The summed E-state index contributed by atoms with van der Waals surface area (Å²) in [6, 6.07) is 7.83. The third kappa shape index (κ3) is 4.50. The molecule has 0 spiro atoms. The van der Waals surface area contributed by atoms with Crippen molar-refractivity contribution in [1.29, 1.82) is 0 Å². The Morgan fingerprint density at radius 3 is 2.47 bits per heavy atom. The van der Waals surface area contributed by atoms with Crippen LogP contribution in [0.4, 0.5) is 11.5 Å². The minimum atomic E-state index is -0.0225. The molecule has 7 nitrogen and oxygen atoms in total. The highest BCUT2D eigenvalue weighted by molar-refractivity contribution is 5.79. The Morgan fingerprint density at radius 2 is 1.80 bits per heavy atom. The number of hydrogen-bond acceptors (Lipinski definition) is 6. The van der Waals surface area contributed by atoms with Crippen LogP contribution in [0.1, 0.15) is 44.2 Å². The van der Waals surface area contributed by atoms with Crippen LogP contribution >= 0.6 is 0 Å². The Kier molecular flexibility index (Phi) is 6.35. The van der Waals surface area contributed by atoms with E-state index >= 15 is 0 Å². The lowest BCUT2D eigenvalue weighted by Crippen LogP contribution is -2.41. The molecule has 160 valence electrons. The fourth-order valence-corrected chi connectivity index (χ4v) is 4.40. The summed E-state index contributed by atoms with van der Waals surface area (Å²) in [5.74, 6) is 2.05. The van der Waals surface area contributed by atoms with Gasteiger partial charge in [-0.15, -0.1) is 0 Å². The van der Waals surface area contributed by atoms with Gasteiger partial charge in [0, 0.05) is 32.1 Å². The molecule has 0 bridgehead atoms. The average Bonchev–Trinajstić information content (AvgIpc) is 3.34. The first-order chi connectivity index (χ1) is 14.7. The normalized spacial score (nSPS) is 18.3. The lowest BCUT2D eigenvalue weighted by Gasteiger charge is -2.35. The predicted octanol–water partition coefficient (Wildman–Crippen LogP) is 3.18. The summed E-state index contributed by atoms with van der Waals surface area (Å²) in [7, 11) is 1.65. The van der Waals surface area contributed by atoms with Crippen LogP contribution in [0.5, 0.6) is 5.75 Å². The number of amides is 1. The molecule has 1 amide bonds. The minimum absolute atomic E-state index is 0.0225. The van der Waals surface area contributed by atoms with Crippen molar-refractivity contribution in [2.24, 2.45) is 5.92 Å². The third-order valence-electron chi connectivity index (χ3n) is 6.26. The number of benzene rings is 1. The van der Waals surface area contributed by atoms with Gasteiger partial charge in [-0.1, -0.05) is 12.1 Å². The quantitative estimate of drug-likeness (QED) is 0.790. The number of carbonyl (C=O) groups is 1. The molecule has 4 rings (SSSR count). The van der Waals surface area contributed by atoms with Gasteiger partial charge in [0.25, 0.3) is 0 Å². The first-order valence-corrected chi connectivity index (χ1v) is 10.9. The SMILES string of the molecule is COc1ccc([C@H](C)NC(=O)C2CCN(c3cncnc3N3CCCC3)CC2)cc1. The fraction of sp³-hybridized carbons (Fsp3) is 0.522. The van der Waals surface area contributed by atoms with Crippen molar-refractivity contribution in [3.8, 4) is 5.75 Å². The topological polar surface area (TPSA) is 70.6 Å². The van der Waals surface area contributed by atoms with Gasteiger partial charge in [0.15, 0.2) is 5.82 Å². The molecular weight excluding hydrogens is 378 g/mol. The monoisotopic (exact) mass is 409 g/mol. The van der Waals surface area contributed by atoms with E-state index in [1.807, 2.05) is 37.4 Å². The van der Waals surface area contributed by atoms with Crippen LogP contribution in [0.25, 0.3) is 0 Å². The molecule has 1 aromatic heterocycles. The maximum absolute atomic E-state index is 12.8. The second kappa shape index (κ2) is 9.32. The lowest BCUT2D eigenvalue weighted by atomic mass is 9.95. The number of methoxy groups -OCH3 is 1. The Labute approximate surface area is 178 Å². The van der Waals surface area contributed by atoms with Gasteiger partial charge in [0.2, 0.25) is 5.91 Å². The van der Waals surface area contributed by atoms with Gasteiger partial charge in [-0.3, -0.25) is 4.79 Å². The maximum Gasteiger partial charge on any atom is 0.223 e. The molecule has 2 aromatic rings. The number of rotatable bonds is 6. The summed E-state index contributed by atoms with van der Waals surface area (Å²) in [5, 5.41) is 3.18. The van der Waals surface area contributed by atoms with Crippen LogP contribution in [0, 0.1) is 5.92 Å². The molecule has 2 saturated heterocycles. The number of anilines is 2. The fourth-order valence-electron chi connectivity index (χ4n) is 4.40. The molecule has 2 aliphatic heterocycles. The highest BCUT2D eigenvalue weighted by Gasteiger charge is 2.28. The van der Waals surface area contributed by atoms with Crippen molar-refractivity contribution >= 4 is 17.4 Å². The van der Waals surface area contributed by atoms with E-state index in [1.54, 1.807) is 13.4 Å². The molecule has 0 aliphatic carbocycles. The van der Waals surface area contributed by atoms with Gasteiger partial charge < -0.3 is 19.9 Å². The highest BCUT2D eigenvalue weighted by Crippen LogP contribution is 2.32. The summed E-state index contributed by atoms with van der Waals surface area (Å²) >= 11 is 0. The summed E-state index contributed by atoms with van der Waals surface area (Å²) in [6.07, 6.45) is 7.69. The summed E-state index contributed by atoms with van der Waals surface area (Å²) in [6.45, 7) is 5.85. The molecule has 3 heterocycles. The van der Waals surface area contributed by atoms with E-state index in [-0.39, 0.29) is 17.9 Å². The van der Waals surface area contributed by atoms with Crippen LogP contribution in [-0.4, -0.2) is 49.2 Å². The first kappa shape index (κ1) is 20.4. The number of aromatic nitrogens is 2. The van der Waals surface area contributed by atoms with Crippen molar-refractivity contribution in [2.45, 2.75) is 38.6 Å². The van der Waals surface area contributed by atoms with Crippen LogP contribution < -0.4 is 19.9 Å². The maximum atomic E-state index is 12.8. The molecule has 0 unspecified atom stereocenters. The zero-order chi connectivity index (χ0) is 20.9. The van der Waals surface area contributed by atoms with Gasteiger partial charge in [-0.25, -0.2) is 9.97 Å². The Balaban J connectivity index is 1.33. The van der Waals surface area contributed by atoms with Crippen molar-refractivity contribution < 1.29 is 9.53 Å². The highest BCUT2D eigenvalue weighted by atomic mass is 16.5. The molecule has 2 aliphatic rings. The second-order valence-corrected chi connectivity index (χ2v) is 8.19. The number of carbonyl (C=O) groups excluding carboxylic acids is 1. The van der Waals surface area contributed by atoms with Crippen molar-refractivity contribution in [3.05, 3.63) is 42.4 Å². The van der Waals surface area contributed by atoms with Crippen LogP contribution in [0.15, 0.2) is 36.8 Å². The Morgan fingerprint density at radius 1 is 1.10 bits per heavy atom. The summed E-state index contributed by atoms with van der Waals surface area (Å²) in [5.41, 5.74) is 2.18. The molecule has 1 atom stereocenters. The zero-order valence-corrected chi connectivity index (χ0v) is 17.9. The van der Waals surface area contributed by atoms with E-state index in [1.165, 1.54) is 12.8 Å². The van der Waals surface area contributed by atoms with Crippen molar-refractivity contribution in [2.75, 3.05) is 43.1 Å². The molecule has 7 heteroatoms. The van der Waals surface area contributed by atoms with Gasteiger partial charge in [-0.05, 0) is 50.3 Å². The summed E-state index contributed by atoms with van der Waals surface area (Å²) < 4.78 is 5.21. The Bertz CT molecular complexity index is 843. The number of hydrogen-bond donors (Lipinski definition) is 1. The van der Waals surface area contributed by atoms with E-state index in [0.29, 0.717) is 0 Å². The Hall–Kier alpha value is -2.83. The molecule has 2 fully saturated rings. The molecule has 0 saturated carbocycles. The smallest absolute Gasteiger partial charge is 0.223 e. The largest absolute Gasteiger partial charge is 0.497 e. The van der Waals surface area contributed by atoms with Gasteiger partial charge in [-0.2, -0.15) is 0 Å². The van der Waals surface area contributed by atoms with E-state index in [4.69, 9.17) is 4.74 Å². The van der Waals surface area contributed by atoms with E-state index in [9.17, 15) is 4.79 Å². The molecule has 0 radical (unpaired) electrons. The third-order valence-corrected chi connectivity index (χ3v) is 6.26. The molecular formula is C23H31N5O2. The van der Waals surface area contributed by atoms with E-state index in [2.05, 4.69) is 25.1 Å². The summed E-state index contributed by atoms with van der Waals surface area (Å²) in [4.78, 5) is 26.4. The molecule has 1 aromatic carbocycles. The van der Waals surface area contributed by atoms with Gasteiger partial charge in [0.1, 0.15) is 12.1 Å². The second-order valence-electron chi connectivity index (χ2n) is 8.19. The number of piperidine rings is 1. The standard InChI is InChI=1S/C23H31N5O2/c1-17(18-5-7-20(30-2)8-6-18)26-23(29)19-9-13-27(14-10-19)21-15-24-16-25-22(21)28-11-3-4-12-28/h5-8,15-17,19H,3-4,9-14H2,1-2H3,(H,26,29)/t17-/m0/s1. The number of nitrogens with one attached hydrogen (secondary N) is 1. The van der Waals surface area contributed by atoms with Crippen molar-refractivity contribution in [1.82, 2.24) is 15.3 Å². The predicted molar refractivity (Wildman–Crippen MR) is 118 cm³/mol. The van der Waals surface area contributed by atoms with Crippen LogP contribution in [0.3, 0.4) is 0 Å². The van der Waals surface area contributed by atoms with E-state index in [0.717, 1.165) is 61.8 Å². The van der Waals surface area contributed by atoms with Gasteiger partial charge in [0.05, 0.1) is 25.0 Å². The number of ether oxygens (including phenoxy) is 1.